The van der Waals surface area contributed by atoms with Crippen LogP contribution in [-0.4, -0.2) is 23.0 Å². The van der Waals surface area contributed by atoms with Crippen molar-refractivity contribution in [3.05, 3.63) is 40.2 Å². The van der Waals surface area contributed by atoms with Gasteiger partial charge in [-0.05, 0) is 24.3 Å². The lowest BCUT2D eigenvalue weighted by Crippen LogP contribution is -2.12. The molecule has 0 radical (unpaired) electrons. The van der Waals surface area contributed by atoms with Crippen LogP contribution in [0.1, 0.15) is 10.4 Å². The van der Waals surface area contributed by atoms with Gasteiger partial charge < -0.3 is 16.2 Å². The van der Waals surface area contributed by atoms with Gasteiger partial charge in [0.25, 0.3) is 5.56 Å². The smallest absolute Gasteiger partial charge is 0.337 e. The van der Waals surface area contributed by atoms with Crippen LogP contribution in [0.4, 0.5) is 23.1 Å². The molecule has 0 spiro atoms. The van der Waals surface area contributed by atoms with Gasteiger partial charge in [-0.3, -0.25) is 9.78 Å². The number of benzene rings is 1. The Morgan fingerprint density at radius 3 is 2.48 bits per heavy atom. The number of nitrogens with one attached hydrogen (secondary N) is 1. The molecule has 0 amide bonds. The van der Waals surface area contributed by atoms with Gasteiger partial charge in [0, 0.05) is 0 Å². The Labute approximate surface area is 118 Å². The molecule has 5 N–H and O–H groups in total. The number of anilines is 2. The molecular formula is C12H12N6O3. The van der Waals surface area contributed by atoms with Crippen LogP contribution < -0.4 is 17.0 Å². The standard InChI is InChI=1S/C12H12N6O3/c1-21-11(20)6-2-4-7(5-3-6)17-18-8-9(13)15-12(14)16-10(8)19/h2-5H,1H3,(H5,13,14,15,16,19). The van der Waals surface area contributed by atoms with Crippen molar-refractivity contribution in [3.8, 4) is 0 Å². The van der Waals surface area contributed by atoms with Crippen LogP contribution in [0.15, 0.2) is 39.3 Å². The molecular weight excluding hydrogens is 276 g/mol. The molecule has 0 saturated carbocycles. The second-order valence-electron chi connectivity index (χ2n) is 3.92. The van der Waals surface area contributed by atoms with Crippen LogP contribution in [0, 0.1) is 0 Å². The Morgan fingerprint density at radius 1 is 1.24 bits per heavy atom. The minimum atomic E-state index is -0.588. The Bertz CT molecular complexity index is 751. The third-order valence-electron chi connectivity index (χ3n) is 2.49. The van der Waals surface area contributed by atoms with Crippen molar-refractivity contribution in [2.24, 2.45) is 10.2 Å². The fraction of sp³-hybridized carbons (Fsp3) is 0.0833. The van der Waals surface area contributed by atoms with E-state index in [1.807, 2.05) is 0 Å². The molecule has 0 unspecified atom stereocenters. The number of nitrogen functional groups attached to an aromatic ring is 2. The highest BCUT2D eigenvalue weighted by atomic mass is 16.5. The Kier molecular flexibility index (Phi) is 3.93. The van der Waals surface area contributed by atoms with Gasteiger partial charge in [0.05, 0.1) is 18.4 Å². The van der Waals surface area contributed by atoms with E-state index < -0.39 is 11.5 Å². The van der Waals surface area contributed by atoms with Gasteiger partial charge in [-0.15, -0.1) is 5.11 Å². The van der Waals surface area contributed by atoms with Gasteiger partial charge in [-0.1, -0.05) is 0 Å². The first-order valence-corrected chi connectivity index (χ1v) is 5.76. The van der Waals surface area contributed by atoms with Crippen molar-refractivity contribution in [1.82, 2.24) is 9.97 Å². The summed E-state index contributed by atoms with van der Waals surface area (Å²) >= 11 is 0. The van der Waals surface area contributed by atoms with E-state index in [0.717, 1.165) is 0 Å². The summed E-state index contributed by atoms with van der Waals surface area (Å²) in [5, 5.41) is 7.58. The number of carbonyl (C=O) groups is 1. The van der Waals surface area contributed by atoms with E-state index in [-0.39, 0.29) is 17.5 Å². The second-order valence-corrected chi connectivity index (χ2v) is 3.92. The van der Waals surface area contributed by atoms with Crippen molar-refractivity contribution < 1.29 is 9.53 Å². The van der Waals surface area contributed by atoms with Gasteiger partial charge in [-0.25, -0.2) is 4.79 Å². The monoisotopic (exact) mass is 288 g/mol. The summed E-state index contributed by atoms with van der Waals surface area (Å²) in [6.07, 6.45) is 0. The predicted molar refractivity (Wildman–Crippen MR) is 75.6 cm³/mol. The summed E-state index contributed by atoms with van der Waals surface area (Å²) in [6, 6.07) is 6.14. The molecule has 0 saturated heterocycles. The van der Waals surface area contributed by atoms with Gasteiger partial charge in [0.1, 0.15) is 0 Å². The zero-order chi connectivity index (χ0) is 15.4. The van der Waals surface area contributed by atoms with Crippen LogP contribution in [-0.2, 0) is 4.74 Å². The Hall–Kier alpha value is -3.23. The summed E-state index contributed by atoms with van der Waals surface area (Å²) in [4.78, 5) is 28.8. The molecule has 2 aromatic rings. The van der Waals surface area contributed by atoms with Crippen molar-refractivity contribution in [3.63, 3.8) is 0 Å². The molecule has 0 atom stereocenters. The van der Waals surface area contributed by atoms with E-state index in [4.69, 9.17) is 11.5 Å². The number of nitrogens with zero attached hydrogens (tertiary/aromatic N) is 3. The van der Waals surface area contributed by atoms with Crippen LogP contribution in [0.25, 0.3) is 0 Å². The van der Waals surface area contributed by atoms with Crippen molar-refractivity contribution in [1.29, 1.82) is 0 Å². The number of azo groups is 1. The molecule has 0 aliphatic carbocycles. The first-order chi connectivity index (χ1) is 10.0. The maximum atomic E-state index is 11.6. The first-order valence-electron chi connectivity index (χ1n) is 5.76. The number of esters is 1. The van der Waals surface area contributed by atoms with E-state index >= 15 is 0 Å². The lowest BCUT2D eigenvalue weighted by atomic mass is 10.2. The molecule has 0 bridgehead atoms. The zero-order valence-electron chi connectivity index (χ0n) is 11.0. The van der Waals surface area contributed by atoms with E-state index in [0.29, 0.717) is 11.3 Å². The number of methoxy groups -OCH3 is 1. The quantitative estimate of drug-likeness (QED) is 0.569. The van der Waals surface area contributed by atoms with Crippen molar-refractivity contribution >= 4 is 29.1 Å². The van der Waals surface area contributed by atoms with Crippen molar-refractivity contribution in [2.75, 3.05) is 18.6 Å². The van der Waals surface area contributed by atoms with E-state index in [2.05, 4.69) is 24.9 Å². The predicted octanol–water partition coefficient (Wildman–Crippen LogP) is 1.14. The third-order valence-corrected chi connectivity index (χ3v) is 2.49. The summed E-state index contributed by atoms with van der Waals surface area (Å²) in [5.74, 6) is -0.674. The molecule has 108 valence electrons. The van der Waals surface area contributed by atoms with E-state index in [9.17, 15) is 9.59 Å². The average molecular weight is 288 g/mol. The number of rotatable bonds is 3. The Morgan fingerprint density at radius 2 is 1.90 bits per heavy atom. The number of nitrogens with two attached hydrogens (primary N) is 2. The average Bonchev–Trinajstić information content (AvgIpc) is 2.46. The molecule has 9 heteroatoms. The molecule has 1 aromatic heterocycles. The van der Waals surface area contributed by atoms with Crippen LogP contribution >= 0.6 is 0 Å². The lowest BCUT2D eigenvalue weighted by molar-refractivity contribution is 0.0601. The maximum Gasteiger partial charge on any atom is 0.337 e. The molecule has 2 rings (SSSR count). The third kappa shape index (κ3) is 3.21. The number of aromatic amines is 1. The Balaban J connectivity index is 2.26. The van der Waals surface area contributed by atoms with Crippen LogP contribution in [0.5, 0.6) is 0 Å². The molecule has 1 aromatic carbocycles. The number of carbonyl (C=O) groups excluding carboxylic acids is 1. The van der Waals surface area contributed by atoms with E-state index in [1.165, 1.54) is 19.2 Å². The minimum Gasteiger partial charge on any atom is -0.465 e. The minimum absolute atomic E-state index is 0.0983. The molecule has 0 aliphatic rings. The second kappa shape index (κ2) is 5.82. The fourth-order valence-electron chi connectivity index (χ4n) is 1.49. The summed E-state index contributed by atoms with van der Waals surface area (Å²) in [5.41, 5.74) is 11.0. The number of H-pyrrole nitrogens is 1. The normalized spacial score (nSPS) is 10.7. The highest BCUT2D eigenvalue weighted by Crippen LogP contribution is 2.19. The maximum absolute atomic E-state index is 11.6. The largest absolute Gasteiger partial charge is 0.465 e. The highest BCUT2D eigenvalue weighted by molar-refractivity contribution is 5.89. The zero-order valence-corrected chi connectivity index (χ0v) is 11.0. The topological polar surface area (TPSA) is 149 Å². The molecule has 1 heterocycles. The van der Waals surface area contributed by atoms with Gasteiger partial charge >= 0.3 is 5.97 Å². The van der Waals surface area contributed by atoms with Crippen LogP contribution in [0.2, 0.25) is 0 Å². The van der Waals surface area contributed by atoms with E-state index in [1.54, 1.807) is 12.1 Å². The SMILES string of the molecule is COC(=O)c1ccc(N=Nc2c(N)nc(N)[nH]c2=O)cc1. The lowest BCUT2D eigenvalue weighted by Gasteiger charge is -2.00. The number of hydrogen-bond donors (Lipinski definition) is 3. The summed E-state index contributed by atoms with van der Waals surface area (Å²) in [6.45, 7) is 0. The summed E-state index contributed by atoms with van der Waals surface area (Å²) in [7, 11) is 1.29. The number of ether oxygens (including phenoxy) is 1. The van der Waals surface area contributed by atoms with Crippen molar-refractivity contribution in [2.45, 2.75) is 0 Å². The van der Waals surface area contributed by atoms with Gasteiger partial charge in [0.2, 0.25) is 5.95 Å². The molecule has 0 aliphatic heterocycles. The van der Waals surface area contributed by atoms with Gasteiger partial charge in [0.15, 0.2) is 11.5 Å². The summed E-state index contributed by atoms with van der Waals surface area (Å²) < 4.78 is 4.57. The molecule has 0 fully saturated rings. The first kappa shape index (κ1) is 14.2. The van der Waals surface area contributed by atoms with Gasteiger partial charge in [-0.2, -0.15) is 10.1 Å². The molecule has 21 heavy (non-hydrogen) atoms. The highest BCUT2D eigenvalue weighted by Gasteiger charge is 2.07. The molecule has 9 nitrogen and oxygen atoms in total. The number of aromatic nitrogens is 2. The van der Waals surface area contributed by atoms with Crippen LogP contribution in [0.3, 0.4) is 0 Å². The number of hydrogen-bond acceptors (Lipinski definition) is 8. The fourth-order valence-corrected chi connectivity index (χ4v) is 1.49.